The fourth-order valence-corrected chi connectivity index (χ4v) is 3.99. The van der Waals surface area contributed by atoms with Crippen LogP contribution in [-0.2, 0) is 16.0 Å². The highest BCUT2D eigenvalue weighted by Gasteiger charge is 2.40. The van der Waals surface area contributed by atoms with E-state index in [1.54, 1.807) is 5.01 Å². The molecule has 1 aromatic rings. The van der Waals surface area contributed by atoms with Gasteiger partial charge in [0.15, 0.2) is 0 Å². The molecule has 7 nitrogen and oxygen atoms in total. The summed E-state index contributed by atoms with van der Waals surface area (Å²) in [6.45, 7) is 4.24. The summed E-state index contributed by atoms with van der Waals surface area (Å²) in [6, 6.07) is 7.79. The molecule has 7 heteroatoms. The molecule has 2 unspecified atom stereocenters. The zero-order valence-corrected chi connectivity index (χ0v) is 15.0. The highest BCUT2D eigenvalue weighted by atomic mass is 16.2. The maximum atomic E-state index is 12.5. The first-order chi connectivity index (χ1) is 12.6. The minimum Gasteiger partial charge on any atom is -0.370 e. The predicted molar refractivity (Wildman–Crippen MR) is 99.1 cm³/mol. The van der Waals surface area contributed by atoms with E-state index in [0.717, 1.165) is 31.6 Å². The summed E-state index contributed by atoms with van der Waals surface area (Å²) in [5, 5.41) is 7.57. The Morgan fingerprint density at radius 1 is 1.35 bits per heavy atom. The lowest BCUT2D eigenvalue weighted by molar-refractivity contribution is -0.125. The molecule has 0 aliphatic carbocycles. The summed E-state index contributed by atoms with van der Waals surface area (Å²) in [4.78, 5) is 26.9. The molecule has 3 heterocycles. The molecular weight excluding hydrogens is 330 g/mol. The van der Waals surface area contributed by atoms with E-state index in [9.17, 15) is 9.59 Å². The second kappa shape index (κ2) is 6.99. The van der Waals surface area contributed by atoms with Crippen LogP contribution in [0, 0.1) is 0 Å². The third-order valence-electron chi connectivity index (χ3n) is 5.26. The Morgan fingerprint density at radius 2 is 2.19 bits per heavy atom. The Hall–Kier alpha value is -2.54. The highest BCUT2D eigenvalue weighted by molar-refractivity contribution is 5.88. The maximum absolute atomic E-state index is 12.5. The van der Waals surface area contributed by atoms with Crippen molar-refractivity contribution in [3.63, 3.8) is 0 Å². The molecule has 0 saturated carbocycles. The first-order valence-electron chi connectivity index (χ1n) is 9.26. The summed E-state index contributed by atoms with van der Waals surface area (Å²) in [5.41, 5.74) is 6.57. The van der Waals surface area contributed by atoms with Crippen molar-refractivity contribution in [1.82, 2.24) is 21.1 Å². The quantitative estimate of drug-likeness (QED) is 0.733. The Bertz CT molecular complexity index is 747. The van der Waals surface area contributed by atoms with Crippen molar-refractivity contribution in [3.8, 4) is 0 Å². The number of nitrogens with one attached hydrogen (secondary N) is 3. The number of carbonyl (C=O) groups is 2. The number of fused-ring (bicyclic) bond motifs is 2. The number of benzene rings is 1. The number of hydrazine groups is 1. The molecule has 0 radical (unpaired) electrons. The van der Waals surface area contributed by atoms with Crippen LogP contribution in [0.2, 0.25) is 0 Å². The van der Waals surface area contributed by atoms with Gasteiger partial charge in [0, 0.05) is 43.6 Å². The summed E-state index contributed by atoms with van der Waals surface area (Å²) < 4.78 is 0. The van der Waals surface area contributed by atoms with Crippen molar-refractivity contribution in [1.29, 1.82) is 0 Å². The van der Waals surface area contributed by atoms with Crippen LogP contribution in [0.25, 0.3) is 0 Å². The van der Waals surface area contributed by atoms with E-state index in [4.69, 9.17) is 0 Å². The van der Waals surface area contributed by atoms with Gasteiger partial charge in [-0.1, -0.05) is 18.2 Å². The van der Waals surface area contributed by atoms with Crippen LogP contribution in [0.4, 0.5) is 5.69 Å². The lowest BCUT2D eigenvalue weighted by Gasteiger charge is -2.31. The van der Waals surface area contributed by atoms with Crippen LogP contribution in [0.3, 0.4) is 0 Å². The molecule has 1 fully saturated rings. The molecule has 1 saturated heterocycles. The zero-order chi connectivity index (χ0) is 18.1. The van der Waals surface area contributed by atoms with Gasteiger partial charge in [0.2, 0.25) is 11.8 Å². The van der Waals surface area contributed by atoms with E-state index in [2.05, 4.69) is 45.2 Å². The predicted octanol–water partition coefficient (Wildman–Crippen LogP) is 0.494. The summed E-state index contributed by atoms with van der Waals surface area (Å²) in [6.07, 6.45) is 4.59. The number of rotatable bonds is 4. The van der Waals surface area contributed by atoms with E-state index in [1.165, 1.54) is 11.3 Å². The molecule has 4 rings (SSSR count). The molecule has 0 bridgehead atoms. The molecule has 138 valence electrons. The summed E-state index contributed by atoms with van der Waals surface area (Å²) in [5.74, 6) is -0.110. The fraction of sp³-hybridized carbons (Fsp3) is 0.474. The molecule has 0 aromatic heterocycles. The SMILES string of the molecule is CC1=CN2NC(C(=O)NCCN3CCCc4ccccc43)CC2C(=O)N1. The Balaban J connectivity index is 1.30. The smallest absolute Gasteiger partial charge is 0.248 e. The minimum absolute atomic E-state index is 0.0523. The third kappa shape index (κ3) is 3.26. The van der Waals surface area contributed by atoms with E-state index < -0.39 is 0 Å². The van der Waals surface area contributed by atoms with Gasteiger partial charge in [0.1, 0.15) is 12.1 Å². The molecule has 3 aliphatic heterocycles. The van der Waals surface area contributed by atoms with E-state index >= 15 is 0 Å². The van der Waals surface area contributed by atoms with Crippen molar-refractivity contribution in [3.05, 3.63) is 41.7 Å². The number of amides is 2. The van der Waals surface area contributed by atoms with E-state index in [0.29, 0.717) is 13.0 Å². The number of aryl methyl sites for hydroxylation is 1. The molecule has 3 aliphatic rings. The Morgan fingerprint density at radius 3 is 3.08 bits per heavy atom. The van der Waals surface area contributed by atoms with Crippen molar-refractivity contribution in [2.45, 2.75) is 38.3 Å². The average molecular weight is 355 g/mol. The Kier molecular flexibility index (Phi) is 4.55. The lowest BCUT2D eigenvalue weighted by Crippen LogP contribution is -2.49. The second-order valence-electron chi connectivity index (χ2n) is 7.15. The number of allylic oxidation sites excluding steroid dienone is 1. The van der Waals surface area contributed by atoms with Crippen LogP contribution in [-0.4, -0.2) is 48.5 Å². The monoisotopic (exact) mass is 355 g/mol. The normalized spacial score (nSPS) is 24.5. The third-order valence-corrected chi connectivity index (χ3v) is 5.26. The van der Waals surface area contributed by atoms with Crippen molar-refractivity contribution < 1.29 is 9.59 Å². The molecule has 26 heavy (non-hydrogen) atoms. The first kappa shape index (κ1) is 16.9. The molecule has 1 aromatic carbocycles. The van der Waals surface area contributed by atoms with Gasteiger partial charge in [-0.3, -0.25) is 9.59 Å². The van der Waals surface area contributed by atoms with Gasteiger partial charge in [-0.15, -0.1) is 0 Å². The first-order valence-corrected chi connectivity index (χ1v) is 9.26. The van der Waals surface area contributed by atoms with Crippen molar-refractivity contribution in [2.75, 3.05) is 24.5 Å². The number of hydrogen-bond donors (Lipinski definition) is 3. The van der Waals surface area contributed by atoms with Crippen molar-refractivity contribution in [2.24, 2.45) is 0 Å². The molecule has 3 N–H and O–H groups in total. The number of hydrogen-bond acceptors (Lipinski definition) is 5. The van der Waals surface area contributed by atoms with Crippen LogP contribution < -0.4 is 21.0 Å². The zero-order valence-electron chi connectivity index (χ0n) is 15.0. The van der Waals surface area contributed by atoms with Gasteiger partial charge in [0.05, 0.1) is 0 Å². The number of carbonyl (C=O) groups excluding carboxylic acids is 2. The topological polar surface area (TPSA) is 76.7 Å². The molecular formula is C19H25N5O2. The van der Waals surface area contributed by atoms with Gasteiger partial charge in [-0.2, -0.15) is 0 Å². The number of para-hydroxylation sites is 1. The molecule has 0 spiro atoms. The number of anilines is 1. The van der Waals surface area contributed by atoms with Gasteiger partial charge >= 0.3 is 0 Å². The molecule has 2 atom stereocenters. The minimum atomic E-state index is -0.374. The van der Waals surface area contributed by atoms with Crippen LogP contribution in [0.1, 0.15) is 25.3 Å². The standard InChI is InChI=1S/C19H25N5O2/c1-13-12-24-17(19(26)21-13)11-15(22-24)18(25)20-8-10-23-9-4-6-14-5-2-3-7-16(14)23/h2-3,5,7,12,15,17,22H,4,6,8-11H2,1H3,(H,20,25)(H,21,26). The summed E-state index contributed by atoms with van der Waals surface area (Å²) >= 11 is 0. The highest BCUT2D eigenvalue weighted by Crippen LogP contribution is 2.26. The van der Waals surface area contributed by atoms with E-state index in [-0.39, 0.29) is 23.9 Å². The van der Waals surface area contributed by atoms with Gasteiger partial charge in [-0.25, -0.2) is 5.43 Å². The van der Waals surface area contributed by atoms with Crippen LogP contribution in [0.15, 0.2) is 36.2 Å². The second-order valence-corrected chi connectivity index (χ2v) is 7.15. The average Bonchev–Trinajstić information content (AvgIpc) is 3.06. The van der Waals surface area contributed by atoms with Gasteiger partial charge < -0.3 is 20.5 Å². The summed E-state index contributed by atoms with van der Waals surface area (Å²) in [7, 11) is 0. The van der Waals surface area contributed by atoms with Crippen LogP contribution >= 0.6 is 0 Å². The van der Waals surface area contributed by atoms with E-state index in [1.807, 2.05) is 13.1 Å². The lowest BCUT2D eigenvalue weighted by atomic mass is 10.0. The van der Waals surface area contributed by atoms with Crippen LogP contribution in [0.5, 0.6) is 0 Å². The molecule has 2 amide bonds. The maximum Gasteiger partial charge on any atom is 0.248 e. The fourth-order valence-electron chi connectivity index (χ4n) is 3.99. The largest absolute Gasteiger partial charge is 0.370 e. The van der Waals surface area contributed by atoms with Gasteiger partial charge in [-0.05, 0) is 31.4 Å². The number of nitrogens with zero attached hydrogens (tertiary/aromatic N) is 2. The Labute approximate surface area is 153 Å². The van der Waals surface area contributed by atoms with Gasteiger partial charge in [0.25, 0.3) is 0 Å². The van der Waals surface area contributed by atoms with Crippen molar-refractivity contribution >= 4 is 17.5 Å².